The lowest BCUT2D eigenvalue weighted by atomic mass is 9.97. The quantitative estimate of drug-likeness (QED) is 0.494. The first-order valence-electron chi connectivity index (χ1n) is 12.5. The van der Waals surface area contributed by atoms with E-state index in [0.717, 1.165) is 12.3 Å². The van der Waals surface area contributed by atoms with E-state index in [1.807, 2.05) is 11.8 Å². The van der Waals surface area contributed by atoms with Gasteiger partial charge in [0, 0.05) is 24.5 Å². The number of fused-ring (bicyclic) bond motifs is 3. The number of anilines is 1. The first-order chi connectivity index (χ1) is 17.9. The zero-order valence-electron chi connectivity index (χ0n) is 22.8. The predicted octanol–water partition coefficient (Wildman–Crippen LogP) is 2.99. The highest BCUT2D eigenvalue weighted by Crippen LogP contribution is 2.42. The Morgan fingerprint density at radius 2 is 1.90 bits per heavy atom. The number of amides is 1. The van der Waals surface area contributed by atoms with Gasteiger partial charge >= 0.3 is 12.1 Å². The molecular weight excluding hydrogens is 538 g/mol. The van der Waals surface area contributed by atoms with E-state index in [1.54, 1.807) is 25.7 Å². The van der Waals surface area contributed by atoms with Gasteiger partial charge in [-0.1, -0.05) is 0 Å². The smallest absolute Gasteiger partial charge is 0.411 e. The standard InChI is InChI=1S/C25H34F2N4O7S/c1-23(2,3)38-22(32)31-16-7-8-24(31,4)12-30(11-16)20-17-9-15(26)10-18(27)19(17)28-21(29-20)36-13-25(5,33)14-37-39(6,34)35/h9-10,16,33H,7-8,11-14H2,1-6H3/t16-,24+,25?/m1/s1. The maximum absolute atomic E-state index is 14.9. The second-order valence-electron chi connectivity index (χ2n) is 11.8. The van der Waals surface area contributed by atoms with E-state index in [9.17, 15) is 27.1 Å². The number of ether oxygens (including phenoxy) is 2. The van der Waals surface area contributed by atoms with E-state index < -0.39 is 57.8 Å². The lowest BCUT2D eigenvalue weighted by Crippen LogP contribution is -2.63. The van der Waals surface area contributed by atoms with Gasteiger partial charge in [0.1, 0.15) is 35.0 Å². The molecule has 1 aromatic heterocycles. The third-order valence-electron chi connectivity index (χ3n) is 6.59. The Morgan fingerprint density at radius 1 is 1.21 bits per heavy atom. The minimum atomic E-state index is -3.81. The molecule has 2 bridgehead atoms. The molecule has 2 fully saturated rings. The van der Waals surface area contributed by atoms with Crippen LogP contribution < -0.4 is 9.64 Å². The Kier molecular flexibility index (Phi) is 7.45. The number of hydrogen-bond acceptors (Lipinski definition) is 10. The summed E-state index contributed by atoms with van der Waals surface area (Å²) in [4.78, 5) is 25.1. The third kappa shape index (κ3) is 6.67. The number of nitrogens with zero attached hydrogens (tertiary/aromatic N) is 4. The molecule has 2 aliphatic heterocycles. The summed E-state index contributed by atoms with van der Waals surface area (Å²) in [5.41, 5.74) is -3.21. The van der Waals surface area contributed by atoms with Crippen LogP contribution in [0.15, 0.2) is 12.1 Å². The largest absolute Gasteiger partial charge is 0.460 e. The predicted molar refractivity (Wildman–Crippen MR) is 138 cm³/mol. The van der Waals surface area contributed by atoms with Crippen molar-refractivity contribution in [3.8, 4) is 6.01 Å². The van der Waals surface area contributed by atoms with Gasteiger partial charge in [-0.05, 0) is 53.5 Å². The highest BCUT2D eigenvalue weighted by molar-refractivity contribution is 7.85. The fourth-order valence-electron chi connectivity index (χ4n) is 4.99. The van der Waals surface area contributed by atoms with Crippen molar-refractivity contribution in [2.45, 2.75) is 70.2 Å². The second kappa shape index (κ2) is 9.97. The summed E-state index contributed by atoms with van der Waals surface area (Å²) >= 11 is 0. The Morgan fingerprint density at radius 3 is 2.51 bits per heavy atom. The second-order valence-corrected chi connectivity index (χ2v) is 13.4. The average molecular weight is 573 g/mol. The zero-order chi connectivity index (χ0) is 29.0. The summed E-state index contributed by atoms with van der Waals surface area (Å²) in [6, 6.07) is 1.32. The van der Waals surface area contributed by atoms with Crippen molar-refractivity contribution >= 4 is 32.9 Å². The summed E-state index contributed by atoms with van der Waals surface area (Å²) in [5.74, 6) is -1.52. The first kappa shape index (κ1) is 29.2. The Labute approximate surface area is 226 Å². The van der Waals surface area contributed by atoms with Crippen LogP contribution in [-0.4, -0.2) is 89.8 Å². The van der Waals surface area contributed by atoms with Crippen LogP contribution >= 0.6 is 0 Å². The number of hydrogen-bond donors (Lipinski definition) is 1. The number of benzene rings is 1. The number of piperazine rings is 1. The van der Waals surface area contributed by atoms with Gasteiger partial charge in [-0.15, -0.1) is 0 Å². The van der Waals surface area contributed by atoms with Gasteiger partial charge in [0.2, 0.25) is 0 Å². The maximum Gasteiger partial charge on any atom is 0.411 e. The normalized spacial score (nSPS) is 23.2. The molecule has 2 aliphatic rings. The Hall–Kier alpha value is -2.84. The Bertz CT molecular complexity index is 1380. The molecular formula is C25H34F2N4O7S. The molecule has 0 spiro atoms. The summed E-state index contributed by atoms with van der Waals surface area (Å²) in [7, 11) is -3.81. The molecule has 14 heteroatoms. The van der Waals surface area contributed by atoms with E-state index in [-0.39, 0.29) is 28.8 Å². The Balaban J connectivity index is 1.65. The van der Waals surface area contributed by atoms with E-state index in [2.05, 4.69) is 14.2 Å². The molecule has 216 valence electrons. The number of halogens is 2. The van der Waals surface area contributed by atoms with Crippen molar-refractivity contribution < 1.29 is 40.8 Å². The number of aliphatic hydroxyl groups is 1. The van der Waals surface area contributed by atoms with Crippen LogP contribution in [0.25, 0.3) is 10.9 Å². The SMILES string of the molecule is CC(O)(COc1nc(N2C[C@H]3CC[C@@](C)(C2)N3C(=O)OC(C)(C)C)c2cc(F)cc(F)c2n1)COS(C)(=O)=O. The van der Waals surface area contributed by atoms with Crippen LogP contribution in [0.4, 0.5) is 19.4 Å². The van der Waals surface area contributed by atoms with Crippen molar-refractivity contribution in [3.63, 3.8) is 0 Å². The summed E-state index contributed by atoms with van der Waals surface area (Å²) in [6.07, 6.45) is 1.84. The lowest BCUT2D eigenvalue weighted by molar-refractivity contribution is -0.0250. The molecule has 1 amide bonds. The van der Waals surface area contributed by atoms with Crippen molar-refractivity contribution in [1.82, 2.24) is 14.9 Å². The molecule has 3 atom stereocenters. The lowest BCUT2D eigenvalue weighted by Gasteiger charge is -2.47. The highest BCUT2D eigenvalue weighted by Gasteiger charge is 2.52. The average Bonchev–Trinajstić information content (AvgIpc) is 3.00. The molecule has 1 unspecified atom stereocenters. The van der Waals surface area contributed by atoms with Gasteiger partial charge in [0.25, 0.3) is 10.1 Å². The molecule has 1 N–H and O–H groups in total. The molecule has 3 heterocycles. The summed E-state index contributed by atoms with van der Waals surface area (Å²) in [5, 5.41) is 10.6. The van der Waals surface area contributed by atoms with Gasteiger partial charge < -0.3 is 19.5 Å². The van der Waals surface area contributed by atoms with Gasteiger partial charge in [-0.2, -0.15) is 18.4 Å². The monoisotopic (exact) mass is 572 g/mol. The number of rotatable bonds is 7. The van der Waals surface area contributed by atoms with Crippen molar-refractivity contribution in [3.05, 3.63) is 23.8 Å². The molecule has 11 nitrogen and oxygen atoms in total. The van der Waals surface area contributed by atoms with E-state index >= 15 is 0 Å². The summed E-state index contributed by atoms with van der Waals surface area (Å²) < 4.78 is 67.6. The zero-order valence-corrected chi connectivity index (χ0v) is 23.6. The molecule has 0 saturated carbocycles. The first-order valence-corrected chi connectivity index (χ1v) is 14.3. The molecule has 2 aromatic rings. The van der Waals surface area contributed by atoms with Gasteiger partial charge in [-0.3, -0.25) is 9.08 Å². The third-order valence-corrected chi connectivity index (χ3v) is 7.14. The van der Waals surface area contributed by atoms with Crippen molar-refractivity contribution in [1.29, 1.82) is 0 Å². The van der Waals surface area contributed by atoms with Gasteiger partial charge in [-0.25, -0.2) is 13.6 Å². The minimum absolute atomic E-state index is 0.126. The molecule has 4 rings (SSSR count). The highest BCUT2D eigenvalue weighted by atomic mass is 32.2. The van der Waals surface area contributed by atoms with Crippen LogP contribution in [0.1, 0.15) is 47.5 Å². The topological polar surface area (TPSA) is 131 Å². The maximum atomic E-state index is 14.9. The van der Waals surface area contributed by atoms with Gasteiger partial charge in [0.05, 0.1) is 24.4 Å². The molecule has 0 aliphatic carbocycles. The van der Waals surface area contributed by atoms with E-state index in [1.165, 1.54) is 6.92 Å². The van der Waals surface area contributed by atoms with Crippen molar-refractivity contribution in [2.75, 3.05) is 37.5 Å². The van der Waals surface area contributed by atoms with Gasteiger partial charge in [0.15, 0.2) is 5.82 Å². The van der Waals surface area contributed by atoms with Crippen molar-refractivity contribution in [2.24, 2.45) is 0 Å². The van der Waals surface area contributed by atoms with Crippen LogP contribution in [0.5, 0.6) is 6.01 Å². The molecule has 0 radical (unpaired) electrons. The van der Waals surface area contributed by atoms with E-state index in [0.29, 0.717) is 32.0 Å². The van der Waals surface area contributed by atoms with Crippen LogP contribution in [0.2, 0.25) is 0 Å². The van der Waals surface area contributed by atoms with E-state index in [4.69, 9.17) is 9.47 Å². The fraction of sp³-hybridized carbons (Fsp3) is 0.640. The number of carbonyl (C=O) groups excluding carboxylic acids is 1. The molecule has 1 aromatic carbocycles. The number of aromatic nitrogens is 2. The number of carbonyl (C=O) groups is 1. The summed E-state index contributed by atoms with van der Waals surface area (Å²) in [6.45, 7) is 8.22. The van der Waals surface area contributed by atoms with Crippen LogP contribution in [-0.2, 0) is 19.0 Å². The van der Waals surface area contributed by atoms with Crippen LogP contribution in [0.3, 0.4) is 0 Å². The molecule has 39 heavy (non-hydrogen) atoms. The minimum Gasteiger partial charge on any atom is -0.460 e. The fourth-order valence-corrected chi connectivity index (χ4v) is 5.46. The van der Waals surface area contributed by atoms with Crippen LogP contribution in [0, 0.1) is 11.6 Å². The molecule has 2 saturated heterocycles.